The van der Waals surface area contributed by atoms with Crippen LogP contribution in [-0.4, -0.2) is 76.5 Å². The summed E-state index contributed by atoms with van der Waals surface area (Å²) in [5, 5.41) is 12.3. The van der Waals surface area contributed by atoms with Gasteiger partial charge in [-0.15, -0.1) is 0 Å². The van der Waals surface area contributed by atoms with E-state index in [0.717, 1.165) is 19.4 Å². The second-order valence-electron chi connectivity index (χ2n) is 12.8. The highest BCUT2D eigenvalue weighted by Crippen LogP contribution is 2.68. The molecule has 1 N–H and O–H groups in total. The van der Waals surface area contributed by atoms with Crippen LogP contribution in [0, 0.1) is 11.3 Å². The lowest BCUT2D eigenvalue weighted by Gasteiger charge is -2.64. The molecule has 46 heavy (non-hydrogen) atoms. The van der Waals surface area contributed by atoms with Crippen molar-refractivity contribution in [2.45, 2.75) is 82.6 Å². The summed E-state index contributed by atoms with van der Waals surface area (Å²) < 4.78 is 30.2. The normalized spacial score (nSPS) is 32.7. The van der Waals surface area contributed by atoms with Gasteiger partial charge < -0.3 is 28.8 Å². The highest BCUT2D eigenvalue weighted by atomic mass is 16.6. The third-order valence-electron chi connectivity index (χ3n) is 9.38. The van der Waals surface area contributed by atoms with Gasteiger partial charge in [-0.25, -0.2) is 9.59 Å². The van der Waals surface area contributed by atoms with Crippen molar-refractivity contribution in [2.24, 2.45) is 11.3 Å². The van der Waals surface area contributed by atoms with Crippen LogP contribution in [0.3, 0.4) is 0 Å². The molecule has 0 amide bonds. The van der Waals surface area contributed by atoms with Crippen molar-refractivity contribution < 1.29 is 52.8 Å². The molecule has 0 unspecified atom stereocenters. The van der Waals surface area contributed by atoms with Gasteiger partial charge in [0, 0.05) is 19.9 Å². The summed E-state index contributed by atoms with van der Waals surface area (Å²) in [6.45, 7) is 6.29. The standard InChI is InChI=1S/C35H38O11/c1-21(36)42-20-34-25(44-26(38)17-16-23-12-8-6-9-13-23)18-19-33(5,41)35(34)29(43-22(2)37)27(32(3,4)46-35)28(39)30(34)45-31(40)24-14-10-7-11-15-24/h6-17,25,27,29-30,41H,18-20H2,1-5H3/t25-,27+,29+,30+,33-,34-,35-/m0/s1. The Morgan fingerprint density at radius 2 is 1.54 bits per heavy atom. The smallest absolute Gasteiger partial charge is 0.338 e. The van der Waals surface area contributed by atoms with Gasteiger partial charge in [0.15, 0.2) is 17.5 Å². The molecule has 1 spiro atoms. The van der Waals surface area contributed by atoms with Crippen molar-refractivity contribution in [2.75, 3.05) is 6.61 Å². The lowest BCUT2D eigenvalue weighted by molar-refractivity contribution is -0.334. The van der Waals surface area contributed by atoms with Crippen LogP contribution in [-0.2, 0) is 42.9 Å². The number of carbonyl (C=O) groups is 5. The van der Waals surface area contributed by atoms with E-state index in [1.807, 2.05) is 6.07 Å². The lowest BCUT2D eigenvalue weighted by Crippen LogP contribution is -2.82. The van der Waals surface area contributed by atoms with Gasteiger partial charge in [-0.1, -0.05) is 48.5 Å². The lowest BCUT2D eigenvalue weighted by atomic mass is 9.46. The number of hydrogen-bond acceptors (Lipinski definition) is 11. The van der Waals surface area contributed by atoms with E-state index in [1.54, 1.807) is 62.4 Å². The summed E-state index contributed by atoms with van der Waals surface area (Å²) >= 11 is 0. The SMILES string of the molecule is CC(=O)OC[C@@]12[C@@H](OC(=O)C=Cc3ccccc3)CC[C@](C)(O)[C@]13OC(C)(C)[C@H](C(=O)[C@H]2OC(=O)c1ccccc1)[C@H]3OC(C)=O. The van der Waals surface area contributed by atoms with Crippen LogP contribution >= 0.6 is 0 Å². The number of carbonyl (C=O) groups excluding carboxylic acids is 5. The fraction of sp³-hybridized carbons (Fsp3) is 0.457. The van der Waals surface area contributed by atoms with E-state index < -0.39 is 82.7 Å². The van der Waals surface area contributed by atoms with Gasteiger partial charge >= 0.3 is 23.9 Å². The summed E-state index contributed by atoms with van der Waals surface area (Å²) in [5.74, 6) is -5.11. The van der Waals surface area contributed by atoms with Gasteiger partial charge in [-0.3, -0.25) is 14.4 Å². The Labute approximate surface area is 266 Å². The predicted octanol–water partition coefficient (Wildman–Crippen LogP) is 3.61. The minimum absolute atomic E-state index is 0.0384. The maximum Gasteiger partial charge on any atom is 0.338 e. The molecule has 0 aromatic heterocycles. The zero-order valence-electron chi connectivity index (χ0n) is 26.4. The summed E-state index contributed by atoms with van der Waals surface area (Å²) in [7, 11) is 0. The summed E-state index contributed by atoms with van der Waals surface area (Å²) in [6, 6.07) is 17.0. The first-order chi connectivity index (χ1) is 21.7. The van der Waals surface area contributed by atoms with E-state index in [9.17, 15) is 29.1 Å². The topological polar surface area (TPSA) is 152 Å². The van der Waals surface area contributed by atoms with E-state index in [-0.39, 0.29) is 18.4 Å². The molecule has 1 heterocycles. The average Bonchev–Trinajstić information content (AvgIpc) is 3.21. The van der Waals surface area contributed by atoms with Gasteiger partial charge in [-0.2, -0.15) is 0 Å². The summed E-state index contributed by atoms with van der Waals surface area (Å²) in [5.41, 5.74) is -6.53. The Balaban J connectivity index is 1.72. The van der Waals surface area contributed by atoms with Gasteiger partial charge in [0.2, 0.25) is 0 Å². The number of hydrogen-bond donors (Lipinski definition) is 1. The van der Waals surface area contributed by atoms with Crippen LogP contribution in [0.4, 0.5) is 0 Å². The van der Waals surface area contributed by atoms with Gasteiger partial charge in [0.1, 0.15) is 24.2 Å². The molecule has 3 fully saturated rings. The summed E-state index contributed by atoms with van der Waals surface area (Å²) in [6.07, 6.45) is -1.85. The highest BCUT2D eigenvalue weighted by molar-refractivity contribution is 5.96. The fourth-order valence-corrected chi connectivity index (χ4v) is 7.59. The molecule has 1 saturated heterocycles. The number of ether oxygens (including phenoxy) is 5. The van der Waals surface area contributed by atoms with Crippen LogP contribution in [0.5, 0.6) is 0 Å². The third kappa shape index (κ3) is 5.41. The molecule has 7 atom stereocenters. The second-order valence-corrected chi connectivity index (χ2v) is 12.8. The second kappa shape index (κ2) is 12.1. The Morgan fingerprint density at radius 1 is 0.913 bits per heavy atom. The highest BCUT2D eigenvalue weighted by Gasteiger charge is 2.87. The largest absolute Gasteiger partial charge is 0.465 e. The van der Waals surface area contributed by atoms with Gasteiger partial charge in [0.05, 0.1) is 22.7 Å². The molecule has 0 radical (unpaired) electrons. The third-order valence-corrected chi connectivity index (χ3v) is 9.38. The number of ketones is 1. The number of esters is 4. The van der Waals surface area contributed by atoms with Crippen molar-refractivity contribution in [3.8, 4) is 0 Å². The van der Waals surface area contributed by atoms with E-state index in [0.29, 0.717) is 0 Å². The summed E-state index contributed by atoms with van der Waals surface area (Å²) in [4.78, 5) is 66.7. The molecular weight excluding hydrogens is 596 g/mol. The number of Topliss-reactive ketones (excluding diaryl/α,β-unsaturated/α-hetero) is 1. The molecule has 1 aliphatic heterocycles. The molecule has 244 valence electrons. The van der Waals surface area contributed by atoms with Crippen LogP contribution in [0.15, 0.2) is 66.7 Å². The molecule has 11 heteroatoms. The molecule has 2 aromatic carbocycles. The van der Waals surface area contributed by atoms with Crippen molar-refractivity contribution >= 4 is 35.7 Å². The zero-order valence-corrected chi connectivity index (χ0v) is 26.4. The Hall–Kier alpha value is -4.35. The first-order valence-corrected chi connectivity index (χ1v) is 15.1. The molecule has 2 aromatic rings. The monoisotopic (exact) mass is 634 g/mol. The van der Waals surface area contributed by atoms with E-state index in [1.165, 1.54) is 25.1 Å². The molecule has 5 rings (SSSR count). The Kier molecular flexibility index (Phi) is 8.69. The minimum Gasteiger partial charge on any atom is -0.465 e. The van der Waals surface area contributed by atoms with Crippen LogP contribution < -0.4 is 0 Å². The van der Waals surface area contributed by atoms with Crippen molar-refractivity contribution in [1.29, 1.82) is 0 Å². The van der Waals surface area contributed by atoms with Crippen LogP contribution in [0.25, 0.3) is 6.08 Å². The Morgan fingerprint density at radius 3 is 2.15 bits per heavy atom. The van der Waals surface area contributed by atoms with Gasteiger partial charge in [0.25, 0.3) is 0 Å². The van der Waals surface area contributed by atoms with Gasteiger partial charge in [-0.05, 0) is 57.4 Å². The number of aliphatic hydroxyl groups is 1. The molecule has 11 nitrogen and oxygen atoms in total. The molecule has 2 saturated carbocycles. The van der Waals surface area contributed by atoms with E-state index in [4.69, 9.17) is 23.7 Å². The predicted molar refractivity (Wildman–Crippen MR) is 162 cm³/mol. The van der Waals surface area contributed by atoms with Crippen molar-refractivity contribution in [1.82, 2.24) is 0 Å². The fourth-order valence-electron chi connectivity index (χ4n) is 7.59. The Bertz CT molecular complexity index is 1550. The average molecular weight is 635 g/mol. The first kappa shape index (κ1) is 33.0. The number of benzene rings is 2. The van der Waals surface area contributed by atoms with Crippen molar-refractivity contribution in [3.05, 3.63) is 77.9 Å². The van der Waals surface area contributed by atoms with E-state index >= 15 is 0 Å². The molecular formula is C35H38O11. The molecule has 2 bridgehead atoms. The van der Waals surface area contributed by atoms with Crippen LogP contribution in [0.1, 0.15) is 63.4 Å². The first-order valence-electron chi connectivity index (χ1n) is 15.1. The maximum atomic E-state index is 14.7. The maximum absolute atomic E-state index is 14.7. The molecule has 2 aliphatic carbocycles. The number of fused-ring (bicyclic) bond motifs is 1. The van der Waals surface area contributed by atoms with Crippen LogP contribution in [0.2, 0.25) is 0 Å². The number of rotatable bonds is 8. The molecule has 3 aliphatic rings. The van der Waals surface area contributed by atoms with E-state index in [2.05, 4.69) is 0 Å². The minimum atomic E-state index is -2.07. The zero-order chi connectivity index (χ0) is 33.5. The van der Waals surface area contributed by atoms with Crippen molar-refractivity contribution in [3.63, 3.8) is 0 Å². The quantitative estimate of drug-likeness (QED) is 0.258.